The molecule has 6 heteroatoms. The van der Waals surface area contributed by atoms with Crippen LogP contribution in [-0.2, 0) is 10.0 Å². The van der Waals surface area contributed by atoms with Gasteiger partial charge < -0.3 is 9.84 Å². The number of hydrogen-bond donors (Lipinski definition) is 1. The summed E-state index contributed by atoms with van der Waals surface area (Å²) >= 11 is 0. The zero-order valence-electron chi connectivity index (χ0n) is 10.4. The van der Waals surface area contributed by atoms with Crippen LogP contribution in [0.1, 0.15) is 18.0 Å². The Morgan fingerprint density at radius 3 is 2.78 bits per heavy atom. The van der Waals surface area contributed by atoms with Crippen LogP contribution < -0.4 is 4.74 Å². The van der Waals surface area contributed by atoms with Crippen molar-refractivity contribution in [3.05, 3.63) is 29.8 Å². The molecule has 0 unspecified atom stereocenters. The summed E-state index contributed by atoms with van der Waals surface area (Å²) < 4.78 is 29.9. The fourth-order valence-corrected chi connectivity index (χ4v) is 3.42. The molecule has 100 valence electrons. The van der Waals surface area contributed by atoms with Crippen molar-refractivity contribution in [2.24, 2.45) is 0 Å². The molecule has 18 heavy (non-hydrogen) atoms. The Morgan fingerprint density at radius 2 is 2.17 bits per heavy atom. The van der Waals surface area contributed by atoms with E-state index in [1.807, 2.05) is 12.1 Å². The summed E-state index contributed by atoms with van der Waals surface area (Å²) in [7, 11) is -1.75. The molecule has 0 radical (unpaired) electrons. The highest BCUT2D eigenvalue weighted by Gasteiger charge is 2.37. The molecule has 0 bridgehead atoms. The molecule has 0 amide bonds. The van der Waals surface area contributed by atoms with Crippen molar-refractivity contribution in [2.45, 2.75) is 18.6 Å². The predicted octanol–water partition coefficient (Wildman–Crippen LogP) is 0.763. The van der Waals surface area contributed by atoms with Crippen molar-refractivity contribution in [1.29, 1.82) is 0 Å². The third-order valence-corrected chi connectivity index (χ3v) is 4.39. The molecule has 1 fully saturated rings. The van der Waals surface area contributed by atoms with Crippen LogP contribution in [0.4, 0.5) is 0 Å². The lowest BCUT2D eigenvalue weighted by atomic mass is 10.0. The monoisotopic (exact) mass is 271 g/mol. The summed E-state index contributed by atoms with van der Waals surface area (Å²) in [6, 6.07) is 6.97. The van der Waals surface area contributed by atoms with Crippen molar-refractivity contribution >= 4 is 10.0 Å². The number of ether oxygens (including phenoxy) is 1. The highest BCUT2D eigenvalue weighted by atomic mass is 32.2. The molecular formula is C12H17NO4S. The number of benzene rings is 1. The minimum absolute atomic E-state index is 0.153. The Labute approximate surface area is 107 Å². The second-order valence-electron chi connectivity index (χ2n) is 4.51. The summed E-state index contributed by atoms with van der Waals surface area (Å²) in [6.45, 7) is 0.153. The molecule has 0 aliphatic carbocycles. The van der Waals surface area contributed by atoms with Crippen LogP contribution >= 0.6 is 0 Å². The smallest absolute Gasteiger partial charge is 0.211 e. The van der Waals surface area contributed by atoms with Crippen molar-refractivity contribution in [3.63, 3.8) is 0 Å². The quantitative estimate of drug-likeness (QED) is 0.881. The molecule has 1 heterocycles. The largest absolute Gasteiger partial charge is 0.497 e. The highest BCUT2D eigenvalue weighted by molar-refractivity contribution is 7.88. The number of aliphatic hydroxyl groups is 1. The second-order valence-corrected chi connectivity index (χ2v) is 6.45. The van der Waals surface area contributed by atoms with Crippen molar-refractivity contribution in [2.75, 3.05) is 19.9 Å². The zero-order chi connectivity index (χ0) is 13.3. The fraction of sp³-hybridized carbons (Fsp3) is 0.500. The van der Waals surface area contributed by atoms with E-state index in [4.69, 9.17) is 4.74 Å². The van der Waals surface area contributed by atoms with Crippen LogP contribution in [0, 0.1) is 0 Å². The summed E-state index contributed by atoms with van der Waals surface area (Å²) in [4.78, 5) is 0. The minimum Gasteiger partial charge on any atom is -0.497 e. The van der Waals surface area contributed by atoms with Gasteiger partial charge in [0.05, 0.1) is 25.5 Å². The maximum absolute atomic E-state index is 11.7. The van der Waals surface area contributed by atoms with E-state index in [1.54, 1.807) is 19.2 Å². The molecule has 1 N–H and O–H groups in total. The molecule has 2 rings (SSSR count). The van der Waals surface area contributed by atoms with Gasteiger partial charge in [0.2, 0.25) is 10.0 Å². The van der Waals surface area contributed by atoms with Crippen LogP contribution in [0.3, 0.4) is 0 Å². The van der Waals surface area contributed by atoms with Gasteiger partial charge in [-0.3, -0.25) is 0 Å². The third kappa shape index (κ3) is 2.66. The molecule has 0 saturated carbocycles. The van der Waals surface area contributed by atoms with Gasteiger partial charge in [0, 0.05) is 6.54 Å². The van der Waals surface area contributed by atoms with Gasteiger partial charge in [0.15, 0.2) is 0 Å². The van der Waals surface area contributed by atoms with Gasteiger partial charge in [-0.25, -0.2) is 8.42 Å². The molecular weight excluding hydrogens is 254 g/mol. The Kier molecular flexibility index (Phi) is 3.61. The number of methoxy groups -OCH3 is 1. The number of sulfonamides is 1. The highest BCUT2D eigenvalue weighted by Crippen LogP contribution is 2.35. The maximum Gasteiger partial charge on any atom is 0.211 e. The van der Waals surface area contributed by atoms with Gasteiger partial charge in [0.25, 0.3) is 0 Å². The van der Waals surface area contributed by atoms with E-state index in [-0.39, 0.29) is 12.6 Å². The lowest BCUT2D eigenvalue weighted by Crippen LogP contribution is -2.30. The van der Waals surface area contributed by atoms with Crippen molar-refractivity contribution in [1.82, 2.24) is 4.31 Å². The zero-order valence-corrected chi connectivity index (χ0v) is 11.2. The molecule has 2 atom stereocenters. The molecule has 1 saturated heterocycles. The lowest BCUT2D eigenvalue weighted by molar-refractivity contribution is 0.188. The standard InChI is InChI=1S/C12H17NO4S/c1-17-11-5-3-4-9(6-11)12-7-10(14)8-13(12)18(2,15)16/h3-6,10,12,14H,7-8H2,1-2H3/t10-,12-/m1/s1. The van der Waals surface area contributed by atoms with E-state index in [0.717, 1.165) is 11.8 Å². The third-order valence-electron chi connectivity index (χ3n) is 3.14. The number of aliphatic hydroxyl groups excluding tert-OH is 1. The Hall–Kier alpha value is -1.11. The van der Waals surface area contributed by atoms with Crippen LogP contribution in [-0.4, -0.2) is 43.8 Å². The normalized spacial score (nSPS) is 25.3. The van der Waals surface area contributed by atoms with Gasteiger partial charge in [-0.2, -0.15) is 4.31 Å². The number of β-amino-alcohol motifs (C(OH)–C–C–N with tert-alkyl or cyclic N) is 1. The summed E-state index contributed by atoms with van der Waals surface area (Å²) in [6.07, 6.45) is 0.967. The average Bonchev–Trinajstić information content (AvgIpc) is 2.71. The van der Waals surface area contributed by atoms with Crippen LogP contribution in [0.5, 0.6) is 5.75 Å². The first kappa shape index (κ1) is 13.3. The van der Waals surface area contributed by atoms with Gasteiger partial charge >= 0.3 is 0 Å². The van der Waals surface area contributed by atoms with Crippen LogP contribution in [0.15, 0.2) is 24.3 Å². The minimum atomic E-state index is -3.32. The number of rotatable bonds is 3. The molecule has 0 spiro atoms. The summed E-state index contributed by atoms with van der Waals surface area (Å²) in [5.74, 6) is 0.683. The van der Waals surface area contributed by atoms with Gasteiger partial charge in [-0.1, -0.05) is 12.1 Å². The summed E-state index contributed by atoms with van der Waals surface area (Å²) in [5.41, 5.74) is 0.844. The Morgan fingerprint density at radius 1 is 1.44 bits per heavy atom. The Balaban J connectivity index is 2.35. The Bertz CT molecular complexity index is 529. The number of hydrogen-bond acceptors (Lipinski definition) is 4. The first-order valence-corrected chi connectivity index (χ1v) is 7.55. The first-order valence-electron chi connectivity index (χ1n) is 5.70. The van der Waals surface area contributed by atoms with Crippen molar-refractivity contribution < 1.29 is 18.3 Å². The average molecular weight is 271 g/mol. The topological polar surface area (TPSA) is 66.8 Å². The van der Waals surface area contributed by atoms with Crippen molar-refractivity contribution in [3.8, 4) is 5.75 Å². The molecule has 1 aliphatic rings. The molecule has 0 aromatic heterocycles. The van der Waals surface area contributed by atoms with Crippen LogP contribution in [0.25, 0.3) is 0 Å². The number of nitrogens with zero attached hydrogens (tertiary/aromatic N) is 1. The van der Waals surface area contributed by atoms with Crippen LogP contribution in [0.2, 0.25) is 0 Å². The van der Waals surface area contributed by atoms with E-state index in [9.17, 15) is 13.5 Å². The molecule has 1 aromatic carbocycles. The second kappa shape index (κ2) is 4.87. The molecule has 1 aromatic rings. The van der Waals surface area contributed by atoms with E-state index in [1.165, 1.54) is 4.31 Å². The fourth-order valence-electron chi connectivity index (χ4n) is 2.30. The van der Waals surface area contributed by atoms with Gasteiger partial charge in [-0.05, 0) is 24.1 Å². The summed E-state index contributed by atoms with van der Waals surface area (Å²) in [5, 5.41) is 9.68. The predicted molar refractivity (Wildman–Crippen MR) is 67.9 cm³/mol. The van der Waals surface area contributed by atoms with Gasteiger partial charge in [0.1, 0.15) is 5.75 Å². The lowest BCUT2D eigenvalue weighted by Gasteiger charge is -2.22. The van der Waals surface area contributed by atoms with E-state index in [2.05, 4.69) is 0 Å². The SMILES string of the molecule is COc1cccc([C@H]2C[C@@H](O)CN2S(C)(=O)=O)c1. The maximum atomic E-state index is 11.7. The first-order chi connectivity index (χ1) is 8.41. The van der Waals surface area contributed by atoms with E-state index < -0.39 is 16.1 Å². The molecule has 1 aliphatic heterocycles. The molecule has 5 nitrogen and oxygen atoms in total. The van der Waals surface area contributed by atoms with Gasteiger partial charge in [-0.15, -0.1) is 0 Å². The van der Waals surface area contributed by atoms with E-state index in [0.29, 0.717) is 12.2 Å². The van der Waals surface area contributed by atoms with E-state index >= 15 is 0 Å².